The third kappa shape index (κ3) is 3.10. The SMILES string of the molecule is Cn1cc(N2CCN(C(=O)C3CCCCC3(C)N)CC2=O)cn1. The molecule has 2 atom stereocenters. The van der Waals surface area contributed by atoms with Crippen LogP contribution in [-0.4, -0.2) is 51.7 Å². The van der Waals surface area contributed by atoms with E-state index in [1.165, 1.54) is 0 Å². The van der Waals surface area contributed by atoms with Gasteiger partial charge in [-0.05, 0) is 19.8 Å². The lowest BCUT2D eigenvalue weighted by Gasteiger charge is -2.42. The Morgan fingerprint density at radius 1 is 1.39 bits per heavy atom. The van der Waals surface area contributed by atoms with E-state index in [1.807, 2.05) is 20.2 Å². The smallest absolute Gasteiger partial charge is 0.246 e. The molecule has 1 aromatic rings. The van der Waals surface area contributed by atoms with E-state index in [4.69, 9.17) is 5.73 Å². The molecule has 2 fully saturated rings. The van der Waals surface area contributed by atoms with Crippen LogP contribution in [0.3, 0.4) is 0 Å². The lowest BCUT2D eigenvalue weighted by molar-refractivity contribution is -0.143. The number of hydrogen-bond donors (Lipinski definition) is 1. The highest BCUT2D eigenvalue weighted by Gasteiger charge is 2.41. The maximum atomic E-state index is 12.8. The van der Waals surface area contributed by atoms with Crippen LogP contribution in [0.4, 0.5) is 5.69 Å². The predicted molar refractivity (Wildman–Crippen MR) is 86.7 cm³/mol. The summed E-state index contributed by atoms with van der Waals surface area (Å²) >= 11 is 0. The fraction of sp³-hybridized carbons (Fsp3) is 0.688. The minimum absolute atomic E-state index is 0.0360. The number of amides is 2. The topological polar surface area (TPSA) is 84.5 Å². The van der Waals surface area contributed by atoms with Crippen LogP contribution in [0.25, 0.3) is 0 Å². The molecule has 1 saturated carbocycles. The van der Waals surface area contributed by atoms with Crippen LogP contribution in [0.1, 0.15) is 32.6 Å². The van der Waals surface area contributed by atoms with Crippen molar-refractivity contribution in [3.05, 3.63) is 12.4 Å². The Balaban J connectivity index is 1.67. The Kier molecular flexibility index (Phi) is 4.14. The van der Waals surface area contributed by atoms with Crippen LogP contribution in [0.15, 0.2) is 12.4 Å². The van der Waals surface area contributed by atoms with E-state index < -0.39 is 5.54 Å². The Labute approximate surface area is 136 Å². The molecule has 7 heteroatoms. The van der Waals surface area contributed by atoms with Crippen LogP contribution in [-0.2, 0) is 16.6 Å². The van der Waals surface area contributed by atoms with Gasteiger partial charge in [-0.2, -0.15) is 5.10 Å². The molecule has 2 unspecified atom stereocenters. The summed E-state index contributed by atoms with van der Waals surface area (Å²) in [4.78, 5) is 28.6. The Morgan fingerprint density at radius 3 is 2.78 bits per heavy atom. The summed E-state index contributed by atoms with van der Waals surface area (Å²) in [7, 11) is 1.82. The predicted octanol–water partition coefficient (Wildman–Crippen LogP) is 0.503. The highest BCUT2D eigenvalue weighted by Crippen LogP contribution is 2.33. The number of aromatic nitrogens is 2. The third-order valence-electron chi connectivity index (χ3n) is 5.09. The zero-order valence-corrected chi connectivity index (χ0v) is 13.9. The van der Waals surface area contributed by atoms with Gasteiger partial charge < -0.3 is 15.5 Å². The highest BCUT2D eigenvalue weighted by atomic mass is 16.2. The standard InChI is InChI=1S/C16H25N5O2/c1-16(17)6-4-3-5-13(16)15(23)20-7-8-21(14(22)11-20)12-9-18-19(2)10-12/h9-10,13H,3-8,11,17H2,1-2H3. The molecule has 2 amide bonds. The first-order chi connectivity index (χ1) is 10.9. The van der Waals surface area contributed by atoms with Crippen molar-refractivity contribution < 1.29 is 9.59 Å². The molecular formula is C16H25N5O2. The zero-order valence-electron chi connectivity index (χ0n) is 13.9. The molecule has 126 valence electrons. The van der Waals surface area contributed by atoms with E-state index in [9.17, 15) is 9.59 Å². The van der Waals surface area contributed by atoms with Crippen molar-refractivity contribution in [2.75, 3.05) is 24.5 Å². The van der Waals surface area contributed by atoms with Crippen molar-refractivity contribution in [3.8, 4) is 0 Å². The van der Waals surface area contributed by atoms with Crippen LogP contribution >= 0.6 is 0 Å². The van der Waals surface area contributed by atoms with Crippen molar-refractivity contribution in [1.82, 2.24) is 14.7 Å². The molecule has 0 bridgehead atoms. The zero-order chi connectivity index (χ0) is 16.6. The molecule has 1 aliphatic heterocycles. The first-order valence-electron chi connectivity index (χ1n) is 8.25. The van der Waals surface area contributed by atoms with Crippen molar-refractivity contribution in [3.63, 3.8) is 0 Å². The molecule has 2 N–H and O–H groups in total. The van der Waals surface area contributed by atoms with Gasteiger partial charge in [0.25, 0.3) is 0 Å². The molecule has 23 heavy (non-hydrogen) atoms. The second kappa shape index (κ2) is 5.96. The summed E-state index contributed by atoms with van der Waals surface area (Å²) in [6.07, 6.45) is 7.29. The molecule has 7 nitrogen and oxygen atoms in total. The van der Waals surface area contributed by atoms with Gasteiger partial charge in [-0.1, -0.05) is 12.8 Å². The summed E-state index contributed by atoms with van der Waals surface area (Å²) in [5.41, 5.74) is 6.66. The fourth-order valence-electron chi connectivity index (χ4n) is 3.67. The first kappa shape index (κ1) is 16.0. The quantitative estimate of drug-likeness (QED) is 0.860. The monoisotopic (exact) mass is 319 g/mol. The molecule has 2 aliphatic rings. The van der Waals surface area contributed by atoms with Gasteiger partial charge in [0, 0.05) is 31.9 Å². The lowest BCUT2D eigenvalue weighted by atomic mass is 9.74. The molecule has 0 radical (unpaired) electrons. The number of piperazine rings is 1. The van der Waals surface area contributed by atoms with Gasteiger partial charge >= 0.3 is 0 Å². The fourth-order valence-corrected chi connectivity index (χ4v) is 3.67. The highest BCUT2D eigenvalue weighted by molar-refractivity contribution is 5.98. The maximum absolute atomic E-state index is 12.8. The number of hydrogen-bond acceptors (Lipinski definition) is 4. The van der Waals surface area contributed by atoms with Gasteiger partial charge in [0.15, 0.2) is 0 Å². The average molecular weight is 319 g/mol. The molecule has 0 aromatic carbocycles. The second-order valence-corrected chi connectivity index (χ2v) is 6.98. The minimum Gasteiger partial charge on any atom is -0.331 e. The summed E-state index contributed by atoms with van der Waals surface area (Å²) in [5.74, 6) is -0.199. The number of carbonyl (C=O) groups is 2. The molecule has 1 aliphatic carbocycles. The van der Waals surface area contributed by atoms with E-state index in [1.54, 1.807) is 20.7 Å². The van der Waals surface area contributed by atoms with Gasteiger partial charge in [0.1, 0.15) is 6.54 Å². The minimum atomic E-state index is -0.459. The molecule has 2 heterocycles. The molecule has 0 spiro atoms. The Bertz CT molecular complexity index is 609. The molecular weight excluding hydrogens is 294 g/mol. The van der Waals surface area contributed by atoms with Crippen molar-refractivity contribution in [2.24, 2.45) is 18.7 Å². The normalized spacial score (nSPS) is 29.0. The van der Waals surface area contributed by atoms with Crippen LogP contribution < -0.4 is 10.6 Å². The van der Waals surface area contributed by atoms with E-state index in [0.29, 0.717) is 13.1 Å². The average Bonchev–Trinajstić information content (AvgIpc) is 2.92. The summed E-state index contributed by atoms with van der Waals surface area (Å²) < 4.78 is 1.67. The maximum Gasteiger partial charge on any atom is 0.246 e. The molecule has 1 aromatic heterocycles. The number of carbonyl (C=O) groups excluding carboxylic acids is 2. The van der Waals surface area contributed by atoms with Crippen molar-refractivity contribution in [2.45, 2.75) is 38.1 Å². The van der Waals surface area contributed by atoms with Gasteiger partial charge in [0.05, 0.1) is 17.8 Å². The Hall–Kier alpha value is -1.89. The molecule has 3 rings (SSSR count). The number of rotatable bonds is 2. The molecule has 1 saturated heterocycles. The summed E-state index contributed by atoms with van der Waals surface area (Å²) in [5, 5.41) is 4.10. The van der Waals surface area contributed by atoms with E-state index in [2.05, 4.69) is 5.10 Å². The first-order valence-corrected chi connectivity index (χ1v) is 8.25. The second-order valence-electron chi connectivity index (χ2n) is 6.98. The van der Waals surface area contributed by atoms with Crippen LogP contribution in [0.2, 0.25) is 0 Å². The number of nitrogens with two attached hydrogens (primary N) is 1. The number of aryl methyl sites for hydroxylation is 1. The van der Waals surface area contributed by atoms with Crippen LogP contribution in [0.5, 0.6) is 0 Å². The van der Waals surface area contributed by atoms with Crippen molar-refractivity contribution >= 4 is 17.5 Å². The lowest BCUT2D eigenvalue weighted by Crippen LogP contribution is -2.58. The van der Waals surface area contributed by atoms with Crippen LogP contribution in [0, 0.1) is 5.92 Å². The van der Waals surface area contributed by atoms with E-state index in [0.717, 1.165) is 31.4 Å². The summed E-state index contributed by atoms with van der Waals surface area (Å²) in [6.45, 7) is 3.14. The Morgan fingerprint density at radius 2 is 2.17 bits per heavy atom. The number of anilines is 1. The van der Waals surface area contributed by atoms with Gasteiger partial charge in [0.2, 0.25) is 11.8 Å². The number of nitrogens with zero attached hydrogens (tertiary/aromatic N) is 4. The van der Waals surface area contributed by atoms with E-state index >= 15 is 0 Å². The summed E-state index contributed by atoms with van der Waals surface area (Å²) in [6, 6.07) is 0. The third-order valence-corrected chi connectivity index (χ3v) is 5.09. The van der Waals surface area contributed by atoms with Crippen molar-refractivity contribution in [1.29, 1.82) is 0 Å². The van der Waals surface area contributed by atoms with Gasteiger partial charge in [-0.3, -0.25) is 14.3 Å². The van der Waals surface area contributed by atoms with Gasteiger partial charge in [-0.25, -0.2) is 0 Å². The van der Waals surface area contributed by atoms with Gasteiger partial charge in [-0.15, -0.1) is 0 Å². The largest absolute Gasteiger partial charge is 0.331 e. The van der Waals surface area contributed by atoms with E-state index in [-0.39, 0.29) is 24.3 Å².